The van der Waals surface area contributed by atoms with Gasteiger partial charge in [0.15, 0.2) is 0 Å². The molecule has 0 spiro atoms. The summed E-state index contributed by atoms with van der Waals surface area (Å²) in [7, 11) is 0. The minimum atomic E-state index is -0.183. The molecule has 0 saturated carbocycles. The Hall–Kier alpha value is -0.500. The number of halogens is 1. The van der Waals surface area contributed by atoms with Crippen LogP contribution in [0.1, 0.15) is 12.8 Å². The first-order valence-corrected chi connectivity index (χ1v) is 2.76. The standard InChI is InChI=1S/C5H5ClO2/c6-3-4-1-2-5(7)8-4/h3H,1-2H2/b4-3-. The summed E-state index contributed by atoms with van der Waals surface area (Å²) in [6.07, 6.45) is 1.13. The Morgan fingerprint density at radius 2 is 2.38 bits per heavy atom. The molecule has 0 radical (unpaired) electrons. The van der Waals surface area contributed by atoms with Crippen molar-refractivity contribution >= 4 is 17.6 Å². The summed E-state index contributed by atoms with van der Waals surface area (Å²) in [6, 6.07) is 0. The van der Waals surface area contributed by atoms with Gasteiger partial charge < -0.3 is 4.74 Å². The Labute approximate surface area is 52.1 Å². The lowest BCUT2D eigenvalue weighted by Crippen LogP contribution is -1.88. The highest BCUT2D eigenvalue weighted by molar-refractivity contribution is 6.25. The molecule has 2 nitrogen and oxygen atoms in total. The summed E-state index contributed by atoms with van der Waals surface area (Å²) >= 11 is 5.23. The fraction of sp³-hybridized carbons (Fsp3) is 0.400. The maximum Gasteiger partial charge on any atom is 0.311 e. The van der Waals surface area contributed by atoms with Crippen molar-refractivity contribution in [3.8, 4) is 0 Å². The second kappa shape index (κ2) is 2.18. The van der Waals surface area contributed by atoms with Gasteiger partial charge in [-0.15, -0.1) is 0 Å². The van der Waals surface area contributed by atoms with Crippen molar-refractivity contribution in [1.29, 1.82) is 0 Å². The van der Waals surface area contributed by atoms with Gasteiger partial charge in [0.1, 0.15) is 5.76 Å². The fourth-order valence-corrected chi connectivity index (χ4v) is 0.704. The molecule has 1 fully saturated rings. The third-order valence-electron chi connectivity index (χ3n) is 0.942. The number of rotatable bonds is 0. The van der Waals surface area contributed by atoms with Crippen LogP contribution in [0.5, 0.6) is 0 Å². The van der Waals surface area contributed by atoms with E-state index in [0.717, 1.165) is 0 Å². The van der Waals surface area contributed by atoms with E-state index < -0.39 is 0 Å². The zero-order valence-electron chi connectivity index (χ0n) is 4.19. The third kappa shape index (κ3) is 1.01. The molecule has 0 N–H and O–H groups in total. The summed E-state index contributed by atoms with van der Waals surface area (Å²) in [4.78, 5) is 10.3. The topological polar surface area (TPSA) is 26.3 Å². The first kappa shape index (κ1) is 5.63. The van der Waals surface area contributed by atoms with Crippen LogP contribution in [-0.2, 0) is 9.53 Å². The molecule has 1 saturated heterocycles. The van der Waals surface area contributed by atoms with Gasteiger partial charge in [0.2, 0.25) is 0 Å². The number of carbonyl (C=O) groups excluding carboxylic acids is 1. The van der Waals surface area contributed by atoms with Crippen LogP contribution in [-0.4, -0.2) is 5.97 Å². The summed E-state index contributed by atoms with van der Waals surface area (Å²) in [5, 5.41) is 0. The van der Waals surface area contributed by atoms with E-state index in [9.17, 15) is 4.79 Å². The van der Waals surface area contributed by atoms with E-state index in [1.165, 1.54) is 5.54 Å². The molecule has 1 rings (SSSR count). The van der Waals surface area contributed by atoms with Gasteiger partial charge in [-0.1, -0.05) is 11.6 Å². The van der Waals surface area contributed by atoms with Gasteiger partial charge in [-0.25, -0.2) is 0 Å². The third-order valence-corrected chi connectivity index (χ3v) is 1.19. The van der Waals surface area contributed by atoms with Gasteiger partial charge in [0, 0.05) is 12.0 Å². The molecule has 0 unspecified atom stereocenters. The van der Waals surface area contributed by atoms with Crippen LogP contribution in [0.4, 0.5) is 0 Å². The summed E-state index contributed by atoms with van der Waals surface area (Å²) in [6.45, 7) is 0. The van der Waals surface area contributed by atoms with E-state index in [1.807, 2.05) is 0 Å². The monoisotopic (exact) mass is 132 g/mol. The molecule has 0 bridgehead atoms. The maximum atomic E-state index is 10.3. The Kier molecular flexibility index (Phi) is 1.53. The van der Waals surface area contributed by atoms with Gasteiger partial charge >= 0.3 is 5.97 Å². The van der Waals surface area contributed by atoms with Gasteiger partial charge in [0.05, 0.1) is 6.42 Å². The first-order valence-electron chi connectivity index (χ1n) is 2.33. The molecule has 1 aliphatic rings. The van der Waals surface area contributed by atoms with Gasteiger partial charge in [-0.3, -0.25) is 4.79 Å². The Morgan fingerprint density at radius 3 is 2.62 bits per heavy atom. The Balaban J connectivity index is 2.56. The van der Waals surface area contributed by atoms with Crippen LogP contribution in [0.2, 0.25) is 0 Å². The Morgan fingerprint density at radius 1 is 1.62 bits per heavy atom. The van der Waals surface area contributed by atoms with Crippen molar-refractivity contribution in [3.05, 3.63) is 11.3 Å². The molecule has 8 heavy (non-hydrogen) atoms. The van der Waals surface area contributed by atoms with E-state index in [4.69, 9.17) is 11.6 Å². The van der Waals surface area contributed by atoms with Crippen LogP contribution in [0.15, 0.2) is 11.3 Å². The summed E-state index contributed by atoms with van der Waals surface area (Å²) < 4.78 is 4.60. The number of ether oxygens (including phenoxy) is 1. The SMILES string of the molecule is O=C1CC/C(=C/Cl)O1. The number of cyclic esters (lactones) is 1. The second-order valence-electron chi connectivity index (χ2n) is 1.55. The summed E-state index contributed by atoms with van der Waals surface area (Å²) in [5.41, 5.74) is 1.30. The molecule has 3 heteroatoms. The number of carbonyl (C=O) groups is 1. The van der Waals surface area contributed by atoms with E-state index in [0.29, 0.717) is 18.6 Å². The molecule has 0 aliphatic carbocycles. The highest BCUT2D eigenvalue weighted by atomic mass is 35.5. The van der Waals surface area contributed by atoms with Crippen molar-refractivity contribution < 1.29 is 9.53 Å². The van der Waals surface area contributed by atoms with Crippen molar-refractivity contribution in [2.24, 2.45) is 0 Å². The maximum absolute atomic E-state index is 10.3. The molecule has 0 aromatic heterocycles. The van der Waals surface area contributed by atoms with E-state index in [2.05, 4.69) is 4.74 Å². The fourth-order valence-electron chi connectivity index (χ4n) is 0.550. The zero-order chi connectivity index (χ0) is 5.98. The lowest BCUT2D eigenvalue weighted by atomic mass is 10.3. The normalized spacial score (nSPS) is 24.1. The van der Waals surface area contributed by atoms with Crippen LogP contribution >= 0.6 is 11.6 Å². The summed E-state index contributed by atoms with van der Waals surface area (Å²) in [5.74, 6) is 0.397. The number of esters is 1. The number of hydrogen-bond acceptors (Lipinski definition) is 2. The number of allylic oxidation sites excluding steroid dienone is 1. The van der Waals surface area contributed by atoms with Crippen molar-refractivity contribution in [2.45, 2.75) is 12.8 Å². The predicted octanol–water partition coefficient (Wildman–Crippen LogP) is 1.40. The largest absolute Gasteiger partial charge is 0.430 e. The van der Waals surface area contributed by atoms with Gasteiger partial charge in [-0.05, 0) is 0 Å². The van der Waals surface area contributed by atoms with Crippen molar-refractivity contribution in [1.82, 2.24) is 0 Å². The Bertz CT molecular complexity index is 139. The lowest BCUT2D eigenvalue weighted by Gasteiger charge is -1.88. The minimum absolute atomic E-state index is 0.183. The van der Waals surface area contributed by atoms with E-state index in [1.54, 1.807) is 0 Å². The molecule has 0 amide bonds. The van der Waals surface area contributed by atoms with Crippen LogP contribution in [0, 0.1) is 0 Å². The predicted molar refractivity (Wildman–Crippen MR) is 29.3 cm³/mol. The molecule has 44 valence electrons. The highest BCUT2D eigenvalue weighted by Crippen LogP contribution is 2.17. The van der Waals surface area contributed by atoms with Crippen LogP contribution in [0.3, 0.4) is 0 Å². The average Bonchev–Trinajstić information content (AvgIpc) is 2.14. The second-order valence-corrected chi connectivity index (χ2v) is 1.77. The number of hydrogen-bond donors (Lipinski definition) is 0. The molecule has 0 atom stereocenters. The van der Waals surface area contributed by atoms with Crippen molar-refractivity contribution in [2.75, 3.05) is 0 Å². The molecular weight excluding hydrogens is 128 g/mol. The van der Waals surface area contributed by atoms with Crippen molar-refractivity contribution in [3.63, 3.8) is 0 Å². The lowest BCUT2D eigenvalue weighted by molar-refractivity contribution is -0.135. The van der Waals surface area contributed by atoms with Gasteiger partial charge in [-0.2, -0.15) is 0 Å². The first-order chi connectivity index (χ1) is 3.83. The average molecular weight is 133 g/mol. The molecule has 0 aromatic carbocycles. The molecular formula is C5H5ClO2. The molecule has 1 aliphatic heterocycles. The smallest absolute Gasteiger partial charge is 0.311 e. The van der Waals surface area contributed by atoms with Gasteiger partial charge in [0.25, 0.3) is 0 Å². The molecule has 1 heterocycles. The molecule has 0 aromatic rings. The van der Waals surface area contributed by atoms with Crippen LogP contribution < -0.4 is 0 Å². The van der Waals surface area contributed by atoms with Crippen LogP contribution in [0.25, 0.3) is 0 Å². The quantitative estimate of drug-likeness (QED) is 0.466. The zero-order valence-corrected chi connectivity index (χ0v) is 4.94. The van der Waals surface area contributed by atoms with E-state index in [-0.39, 0.29) is 5.97 Å². The van der Waals surface area contributed by atoms with E-state index >= 15 is 0 Å². The highest BCUT2D eigenvalue weighted by Gasteiger charge is 2.15. The minimum Gasteiger partial charge on any atom is -0.430 e.